The van der Waals surface area contributed by atoms with Crippen LogP contribution in [-0.2, 0) is 13.6 Å². The van der Waals surface area contributed by atoms with Crippen molar-refractivity contribution in [3.05, 3.63) is 43.3 Å². The molecule has 2 heterocycles. The number of halogens is 2. The lowest BCUT2D eigenvalue weighted by Gasteiger charge is -2.09. The molecule has 0 atom stereocenters. The zero-order valence-corrected chi connectivity index (χ0v) is 12.6. The summed E-state index contributed by atoms with van der Waals surface area (Å²) in [5.41, 5.74) is 1.53. The molecule has 0 aromatic carbocycles. The summed E-state index contributed by atoms with van der Waals surface area (Å²) in [4.78, 5) is 16.2. The summed E-state index contributed by atoms with van der Waals surface area (Å²) in [6.07, 6.45) is 1.51. The number of nitrogens with zero attached hydrogens (tertiary/aromatic N) is 4. The van der Waals surface area contributed by atoms with Crippen molar-refractivity contribution in [1.82, 2.24) is 19.3 Å². The fraction of sp³-hybridized carbons (Fsp3) is 0.364. The van der Waals surface area contributed by atoms with Crippen LogP contribution >= 0.6 is 27.5 Å². The molecule has 18 heavy (non-hydrogen) atoms. The van der Waals surface area contributed by atoms with Gasteiger partial charge in [-0.2, -0.15) is 5.10 Å². The van der Waals surface area contributed by atoms with E-state index in [4.69, 9.17) is 11.6 Å². The highest BCUT2D eigenvalue weighted by Crippen LogP contribution is 2.19. The lowest BCUT2D eigenvalue weighted by Crippen LogP contribution is -2.24. The second kappa shape index (κ2) is 4.85. The van der Waals surface area contributed by atoms with E-state index >= 15 is 0 Å². The molecule has 0 bridgehead atoms. The maximum atomic E-state index is 12.0. The van der Waals surface area contributed by atoms with Gasteiger partial charge in [0, 0.05) is 18.8 Å². The molecule has 0 aliphatic heterocycles. The van der Waals surface area contributed by atoms with Crippen LogP contribution in [0.15, 0.2) is 15.5 Å². The summed E-state index contributed by atoms with van der Waals surface area (Å²) in [6, 6.07) is 0. The Hall–Kier alpha value is -1.14. The second-order valence-corrected chi connectivity index (χ2v) is 5.24. The molecule has 2 aromatic heterocycles. The van der Waals surface area contributed by atoms with Crippen LogP contribution in [0.5, 0.6) is 0 Å². The molecule has 7 heteroatoms. The van der Waals surface area contributed by atoms with Crippen LogP contribution in [0.25, 0.3) is 0 Å². The Labute approximate surface area is 118 Å². The largest absolute Gasteiger partial charge is 0.291 e. The molecular weight excluding hydrogens is 320 g/mol. The Morgan fingerprint density at radius 1 is 1.44 bits per heavy atom. The molecule has 0 aliphatic carbocycles. The average Bonchev–Trinajstić information content (AvgIpc) is 2.55. The van der Waals surface area contributed by atoms with Gasteiger partial charge in [0.2, 0.25) is 0 Å². The van der Waals surface area contributed by atoms with Gasteiger partial charge in [0.15, 0.2) is 0 Å². The zero-order valence-electron chi connectivity index (χ0n) is 10.2. The van der Waals surface area contributed by atoms with Gasteiger partial charge in [-0.25, -0.2) is 4.98 Å². The lowest BCUT2D eigenvalue weighted by atomic mass is 10.2. The molecular formula is C11H12BrClN4O. The summed E-state index contributed by atoms with van der Waals surface area (Å²) in [7, 11) is 1.77. The van der Waals surface area contributed by atoms with Crippen LogP contribution in [0.2, 0.25) is 5.15 Å². The van der Waals surface area contributed by atoms with E-state index in [9.17, 15) is 4.79 Å². The summed E-state index contributed by atoms with van der Waals surface area (Å²) < 4.78 is 3.60. The normalized spacial score (nSPS) is 10.9. The zero-order chi connectivity index (χ0) is 13.4. The van der Waals surface area contributed by atoms with Crippen LogP contribution in [0, 0.1) is 13.8 Å². The lowest BCUT2D eigenvalue weighted by molar-refractivity contribution is 0.692. The molecule has 0 N–H and O–H groups in total. The van der Waals surface area contributed by atoms with Crippen molar-refractivity contribution >= 4 is 27.5 Å². The highest BCUT2D eigenvalue weighted by molar-refractivity contribution is 9.10. The third kappa shape index (κ3) is 2.22. The molecule has 0 spiro atoms. The van der Waals surface area contributed by atoms with Crippen molar-refractivity contribution in [2.45, 2.75) is 20.4 Å². The third-order valence-corrected chi connectivity index (χ3v) is 3.81. The number of rotatable bonds is 2. The fourth-order valence-electron chi connectivity index (χ4n) is 1.75. The SMILES string of the molecule is Cc1nn(C)c(Cl)c1Cn1c(C)ncc(Br)c1=O. The van der Waals surface area contributed by atoms with Gasteiger partial charge in [0.05, 0.1) is 12.2 Å². The Morgan fingerprint density at radius 2 is 2.11 bits per heavy atom. The standard InChI is InChI=1S/C11H12BrClN4O/c1-6-8(10(13)16(3)15-6)5-17-7(2)14-4-9(12)11(17)18/h4H,5H2,1-3H3. The van der Waals surface area contributed by atoms with E-state index in [-0.39, 0.29) is 5.56 Å². The molecule has 2 aromatic rings. The van der Waals surface area contributed by atoms with Gasteiger partial charge >= 0.3 is 0 Å². The number of aromatic nitrogens is 4. The molecule has 0 unspecified atom stereocenters. The maximum Gasteiger partial charge on any atom is 0.268 e. The third-order valence-electron chi connectivity index (χ3n) is 2.79. The summed E-state index contributed by atoms with van der Waals surface area (Å²) in [5, 5.41) is 4.77. The van der Waals surface area contributed by atoms with Gasteiger partial charge in [-0.05, 0) is 29.8 Å². The summed E-state index contributed by atoms with van der Waals surface area (Å²) in [6.45, 7) is 4.02. The van der Waals surface area contributed by atoms with E-state index in [0.29, 0.717) is 22.0 Å². The van der Waals surface area contributed by atoms with E-state index in [2.05, 4.69) is 26.0 Å². The predicted molar refractivity (Wildman–Crippen MR) is 73.0 cm³/mol. The topological polar surface area (TPSA) is 52.7 Å². The van der Waals surface area contributed by atoms with Crippen molar-refractivity contribution in [2.75, 3.05) is 0 Å². The van der Waals surface area contributed by atoms with Gasteiger partial charge in [0.1, 0.15) is 15.5 Å². The summed E-state index contributed by atoms with van der Waals surface area (Å²) in [5.74, 6) is 0.641. The summed E-state index contributed by atoms with van der Waals surface area (Å²) >= 11 is 9.35. The first-order valence-electron chi connectivity index (χ1n) is 5.31. The molecule has 0 amide bonds. The number of hydrogen-bond donors (Lipinski definition) is 0. The molecule has 0 fully saturated rings. The number of aryl methyl sites for hydroxylation is 3. The molecule has 0 radical (unpaired) electrons. The molecule has 0 aliphatic rings. The first kappa shape index (κ1) is 13.3. The first-order chi connectivity index (χ1) is 8.41. The first-order valence-corrected chi connectivity index (χ1v) is 6.48. The molecule has 96 valence electrons. The molecule has 0 saturated heterocycles. The van der Waals surface area contributed by atoms with Crippen molar-refractivity contribution < 1.29 is 0 Å². The van der Waals surface area contributed by atoms with Gasteiger partial charge in [0.25, 0.3) is 5.56 Å². The van der Waals surface area contributed by atoms with Gasteiger partial charge in [-0.1, -0.05) is 11.6 Å². The molecule has 2 rings (SSSR count). The van der Waals surface area contributed by atoms with Gasteiger partial charge in [-0.3, -0.25) is 14.0 Å². The minimum Gasteiger partial charge on any atom is -0.291 e. The Balaban J connectivity index is 2.53. The Bertz CT molecular complexity index is 662. The molecule has 0 saturated carbocycles. The second-order valence-electron chi connectivity index (χ2n) is 4.02. The quantitative estimate of drug-likeness (QED) is 0.846. The monoisotopic (exact) mass is 330 g/mol. The van der Waals surface area contributed by atoms with Crippen LogP contribution in [-0.4, -0.2) is 19.3 Å². The van der Waals surface area contributed by atoms with Crippen molar-refractivity contribution in [3.63, 3.8) is 0 Å². The average molecular weight is 332 g/mol. The van der Waals surface area contributed by atoms with Crippen LogP contribution < -0.4 is 5.56 Å². The van der Waals surface area contributed by atoms with Crippen molar-refractivity contribution in [2.24, 2.45) is 7.05 Å². The fourth-order valence-corrected chi connectivity index (χ4v) is 2.30. The van der Waals surface area contributed by atoms with Gasteiger partial charge in [-0.15, -0.1) is 0 Å². The smallest absolute Gasteiger partial charge is 0.268 e. The van der Waals surface area contributed by atoms with E-state index in [1.54, 1.807) is 23.2 Å². The van der Waals surface area contributed by atoms with E-state index in [0.717, 1.165) is 11.3 Å². The highest BCUT2D eigenvalue weighted by atomic mass is 79.9. The van der Waals surface area contributed by atoms with Crippen molar-refractivity contribution in [1.29, 1.82) is 0 Å². The number of hydrogen-bond acceptors (Lipinski definition) is 3. The minimum absolute atomic E-state index is 0.123. The van der Waals surface area contributed by atoms with Crippen LogP contribution in [0.4, 0.5) is 0 Å². The molecule has 5 nitrogen and oxygen atoms in total. The Morgan fingerprint density at radius 3 is 2.67 bits per heavy atom. The predicted octanol–water partition coefficient (Wildman–Crippen LogP) is 2.06. The Kier molecular flexibility index (Phi) is 3.59. The van der Waals surface area contributed by atoms with E-state index < -0.39 is 0 Å². The minimum atomic E-state index is -0.123. The van der Waals surface area contributed by atoms with Gasteiger partial charge < -0.3 is 0 Å². The van der Waals surface area contributed by atoms with E-state index in [1.807, 2.05) is 6.92 Å². The van der Waals surface area contributed by atoms with Crippen molar-refractivity contribution in [3.8, 4) is 0 Å². The van der Waals surface area contributed by atoms with E-state index in [1.165, 1.54) is 6.20 Å². The van der Waals surface area contributed by atoms with Crippen LogP contribution in [0.1, 0.15) is 17.1 Å². The highest BCUT2D eigenvalue weighted by Gasteiger charge is 2.14. The van der Waals surface area contributed by atoms with Crippen LogP contribution in [0.3, 0.4) is 0 Å². The maximum absolute atomic E-state index is 12.0.